The lowest BCUT2D eigenvalue weighted by atomic mass is 9.95. The molecule has 0 saturated carbocycles. The first-order valence-electron chi connectivity index (χ1n) is 9.58. The van der Waals surface area contributed by atoms with E-state index in [1.807, 2.05) is 25.2 Å². The Bertz CT molecular complexity index is 953. The normalized spacial score (nSPS) is 20.3. The van der Waals surface area contributed by atoms with Gasteiger partial charge in [-0.2, -0.15) is 0 Å². The predicted octanol–water partition coefficient (Wildman–Crippen LogP) is 3.04. The van der Waals surface area contributed by atoms with Gasteiger partial charge in [-0.1, -0.05) is 18.2 Å². The molecule has 2 aliphatic heterocycles. The number of carbonyl (C=O) groups is 2. The van der Waals surface area contributed by atoms with Gasteiger partial charge in [0.1, 0.15) is 5.82 Å². The third-order valence-electron chi connectivity index (χ3n) is 5.48. The Hall–Kier alpha value is -3.15. The second-order valence-electron chi connectivity index (χ2n) is 7.50. The van der Waals surface area contributed by atoms with E-state index in [0.717, 1.165) is 16.8 Å². The van der Waals surface area contributed by atoms with Crippen LogP contribution in [-0.4, -0.2) is 41.3 Å². The van der Waals surface area contributed by atoms with Crippen molar-refractivity contribution in [2.75, 3.05) is 24.2 Å². The topological polar surface area (TPSA) is 74.3 Å². The number of aryl methyl sites for hydroxylation is 1. The number of benzene rings is 1. The minimum Gasteiger partial charge on any atom is -0.382 e. The van der Waals surface area contributed by atoms with Crippen LogP contribution in [-0.2, 0) is 16.0 Å². The monoisotopic (exact) mass is 376 g/mol. The predicted molar refractivity (Wildman–Crippen MR) is 110 cm³/mol. The Balaban J connectivity index is 1.42. The quantitative estimate of drug-likeness (QED) is 0.805. The van der Waals surface area contributed by atoms with E-state index in [4.69, 9.17) is 0 Å². The molecule has 6 heteroatoms. The van der Waals surface area contributed by atoms with Gasteiger partial charge in [0.05, 0.1) is 0 Å². The molecule has 0 aliphatic carbocycles. The Labute approximate surface area is 164 Å². The second-order valence-corrected chi connectivity index (χ2v) is 7.50. The van der Waals surface area contributed by atoms with Crippen molar-refractivity contribution in [1.82, 2.24) is 9.88 Å². The highest BCUT2D eigenvalue weighted by Crippen LogP contribution is 2.35. The molecule has 0 saturated heterocycles. The SMILES string of the molecule is CC1Nc2ccccc2C1CN(C)C(=O)/C=C/c1cnc2c(c1)CCC(=O)N2. The van der Waals surface area contributed by atoms with E-state index in [-0.39, 0.29) is 23.8 Å². The number of anilines is 2. The van der Waals surface area contributed by atoms with Gasteiger partial charge in [-0.05, 0) is 48.2 Å². The van der Waals surface area contributed by atoms with Crippen LogP contribution in [0, 0.1) is 0 Å². The smallest absolute Gasteiger partial charge is 0.246 e. The molecule has 144 valence electrons. The highest BCUT2D eigenvalue weighted by molar-refractivity contribution is 5.93. The zero-order chi connectivity index (χ0) is 19.7. The van der Waals surface area contributed by atoms with Crippen molar-refractivity contribution in [2.45, 2.75) is 31.7 Å². The number of hydrogen-bond acceptors (Lipinski definition) is 4. The Morgan fingerprint density at radius 2 is 2.14 bits per heavy atom. The summed E-state index contributed by atoms with van der Waals surface area (Å²) in [6, 6.07) is 10.5. The fourth-order valence-electron chi connectivity index (χ4n) is 3.87. The molecule has 0 radical (unpaired) electrons. The fourth-order valence-corrected chi connectivity index (χ4v) is 3.87. The van der Waals surface area contributed by atoms with Crippen LogP contribution in [0.1, 0.15) is 36.0 Å². The summed E-state index contributed by atoms with van der Waals surface area (Å²) < 4.78 is 0. The fraction of sp³-hybridized carbons (Fsp3) is 0.318. The maximum atomic E-state index is 12.6. The van der Waals surface area contributed by atoms with Crippen LogP contribution in [0.3, 0.4) is 0 Å². The molecule has 28 heavy (non-hydrogen) atoms. The summed E-state index contributed by atoms with van der Waals surface area (Å²) in [5.74, 6) is 0.853. The molecule has 4 rings (SSSR count). The molecule has 2 N–H and O–H groups in total. The van der Waals surface area contributed by atoms with Crippen molar-refractivity contribution < 1.29 is 9.59 Å². The molecule has 2 amide bonds. The first-order valence-corrected chi connectivity index (χ1v) is 9.58. The third-order valence-corrected chi connectivity index (χ3v) is 5.48. The van der Waals surface area contributed by atoms with Gasteiger partial charge in [0, 0.05) is 49.9 Å². The lowest BCUT2D eigenvalue weighted by Crippen LogP contribution is -2.33. The summed E-state index contributed by atoms with van der Waals surface area (Å²) in [5.41, 5.74) is 4.28. The second kappa shape index (κ2) is 7.46. The summed E-state index contributed by atoms with van der Waals surface area (Å²) >= 11 is 0. The largest absolute Gasteiger partial charge is 0.382 e. The number of likely N-dealkylation sites (N-methyl/N-ethyl adjacent to an activating group) is 1. The molecule has 6 nitrogen and oxygen atoms in total. The molecule has 0 fully saturated rings. The van der Waals surface area contributed by atoms with Crippen LogP contribution >= 0.6 is 0 Å². The van der Waals surface area contributed by atoms with Crippen molar-refractivity contribution in [3.63, 3.8) is 0 Å². The lowest BCUT2D eigenvalue weighted by Gasteiger charge is -2.23. The molecule has 0 spiro atoms. The summed E-state index contributed by atoms with van der Waals surface area (Å²) in [4.78, 5) is 30.1. The molecule has 2 aliphatic rings. The number of aromatic nitrogens is 1. The number of rotatable bonds is 4. The van der Waals surface area contributed by atoms with E-state index in [9.17, 15) is 9.59 Å². The summed E-state index contributed by atoms with van der Waals surface area (Å²) in [7, 11) is 1.83. The molecule has 1 aromatic carbocycles. The summed E-state index contributed by atoms with van der Waals surface area (Å²) in [6.07, 6.45) is 6.19. The molecular weight excluding hydrogens is 352 g/mol. The summed E-state index contributed by atoms with van der Waals surface area (Å²) in [6.45, 7) is 2.80. The van der Waals surface area contributed by atoms with Crippen molar-refractivity contribution in [1.29, 1.82) is 0 Å². The standard InChI is InChI=1S/C22H24N4O2/c1-14-18(17-5-3-4-6-19(17)24-14)13-26(2)21(28)10-7-15-11-16-8-9-20(27)25-22(16)23-12-15/h3-7,10-12,14,18,24H,8-9,13H2,1-2H3,(H,23,25,27)/b10-7+. The Kier molecular flexibility index (Phi) is 4.86. The number of carbonyl (C=O) groups excluding carboxylic acids is 2. The molecular formula is C22H24N4O2. The van der Waals surface area contributed by atoms with E-state index in [1.165, 1.54) is 5.56 Å². The maximum absolute atomic E-state index is 12.6. The number of nitrogens with one attached hydrogen (secondary N) is 2. The van der Waals surface area contributed by atoms with E-state index < -0.39 is 0 Å². The highest BCUT2D eigenvalue weighted by atomic mass is 16.2. The molecule has 3 heterocycles. The zero-order valence-electron chi connectivity index (χ0n) is 16.1. The van der Waals surface area contributed by atoms with Gasteiger partial charge >= 0.3 is 0 Å². The third kappa shape index (κ3) is 3.63. The minimum absolute atomic E-state index is 0.00250. The van der Waals surface area contributed by atoms with Crippen molar-refractivity contribution >= 4 is 29.4 Å². The van der Waals surface area contributed by atoms with Gasteiger partial charge in [-0.15, -0.1) is 0 Å². The van der Waals surface area contributed by atoms with Crippen LogP contribution in [0.25, 0.3) is 6.08 Å². The van der Waals surface area contributed by atoms with Crippen molar-refractivity contribution in [2.24, 2.45) is 0 Å². The van der Waals surface area contributed by atoms with Crippen molar-refractivity contribution in [3.05, 3.63) is 59.3 Å². The number of hydrogen-bond donors (Lipinski definition) is 2. The number of fused-ring (bicyclic) bond motifs is 2. The number of amides is 2. The molecule has 2 unspecified atom stereocenters. The van der Waals surface area contributed by atoms with Crippen LogP contribution in [0.5, 0.6) is 0 Å². The number of pyridine rings is 1. The van der Waals surface area contributed by atoms with E-state index >= 15 is 0 Å². The van der Waals surface area contributed by atoms with Crippen LogP contribution in [0.2, 0.25) is 0 Å². The molecule has 0 bridgehead atoms. The Morgan fingerprint density at radius 1 is 1.32 bits per heavy atom. The Morgan fingerprint density at radius 3 is 3.00 bits per heavy atom. The van der Waals surface area contributed by atoms with Crippen molar-refractivity contribution in [3.8, 4) is 0 Å². The first-order chi connectivity index (χ1) is 13.5. The average molecular weight is 376 g/mol. The zero-order valence-corrected chi connectivity index (χ0v) is 16.1. The van der Waals surface area contributed by atoms with Gasteiger partial charge in [-0.25, -0.2) is 4.98 Å². The van der Waals surface area contributed by atoms with Gasteiger partial charge in [-0.3, -0.25) is 9.59 Å². The number of para-hydroxylation sites is 1. The van der Waals surface area contributed by atoms with Gasteiger partial charge in [0.2, 0.25) is 11.8 Å². The average Bonchev–Trinajstić information content (AvgIpc) is 3.01. The summed E-state index contributed by atoms with van der Waals surface area (Å²) in [5, 5.41) is 6.26. The van der Waals surface area contributed by atoms with Crippen LogP contribution < -0.4 is 10.6 Å². The van der Waals surface area contributed by atoms with Crippen LogP contribution in [0.15, 0.2) is 42.6 Å². The molecule has 1 aromatic heterocycles. The van der Waals surface area contributed by atoms with Gasteiger partial charge in [0.25, 0.3) is 0 Å². The van der Waals surface area contributed by atoms with E-state index in [2.05, 4.69) is 34.7 Å². The first kappa shape index (κ1) is 18.2. The highest BCUT2D eigenvalue weighted by Gasteiger charge is 2.30. The molecule has 2 atom stereocenters. The number of nitrogens with zero attached hydrogens (tertiary/aromatic N) is 2. The maximum Gasteiger partial charge on any atom is 0.246 e. The molecule has 2 aromatic rings. The van der Waals surface area contributed by atoms with E-state index in [0.29, 0.717) is 25.2 Å². The van der Waals surface area contributed by atoms with Gasteiger partial charge < -0.3 is 15.5 Å². The van der Waals surface area contributed by atoms with Crippen LogP contribution in [0.4, 0.5) is 11.5 Å². The van der Waals surface area contributed by atoms with Gasteiger partial charge in [0.15, 0.2) is 0 Å². The van der Waals surface area contributed by atoms with E-state index in [1.54, 1.807) is 23.2 Å². The minimum atomic E-state index is -0.0393. The lowest BCUT2D eigenvalue weighted by molar-refractivity contribution is -0.125.